The van der Waals surface area contributed by atoms with Crippen LogP contribution in [0, 0.1) is 5.82 Å². The number of carbonyl (C=O) groups is 1. The van der Waals surface area contributed by atoms with Gasteiger partial charge in [-0.1, -0.05) is 23.5 Å². The van der Waals surface area contributed by atoms with Crippen molar-refractivity contribution in [1.29, 1.82) is 0 Å². The number of halogens is 1. The van der Waals surface area contributed by atoms with Crippen LogP contribution in [0.2, 0.25) is 0 Å². The summed E-state index contributed by atoms with van der Waals surface area (Å²) in [6.45, 7) is 6.68. The number of aliphatic hydroxyl groups is 1. The van der Waals surface area contributed by atoms with E-state index in [2.05, 4.69) is 23.7 Å². The molecule has 5 nitrogen and oxygen atoms in total. The Labute approximate surface area is 171 Å². The maximum Gasteiger partial charge on any atom is 0.264 e. The van der Waals surface area contributed by atoms with Crippen LogP contribution in [0.4, 0.5) is 9.52 Å². The molecule has 1 amide bonds. The van der Waals surface area contributed by atoms with E-state index in [1.165, 1.54) is 23.5 Å². The first-order valence-electron chi connectivity index (χ1n) is 9.36. The van der Waals surface area contributed by atoms with Gasteiger partial charge in [0.2, 0.25) is 0 Å². The molecule has 1 fully saturated rings. The second kappa shape index (κ2) is 7.42. The number of β-amino-alcohol motifs (C(OH)–C–C–N with tert-alkyl or cyclic N) is 1. The largest absolute Gasteiger partial charge is 0.383 e. The van der Waals surface area contributed by atoms with Gasteiger partial charge in [0.15, 0.2) is 5.13 Å². The van der Waals surface area contributed by atoms with Crippen molar-refractivity contribution < 1.29 is 14.3 Å². The molecule has 1 saturated heterocycles. The van der Waals surface area contributed by atoms with Crippen molar-refractivity contribution in [2.75, 3.05) is 31.1 Å². The lowest BCUT2D eigenvalue weighted by molar-refractivity contribution is 0.0418. The molecule has 148 valence electrons. The molecule has 4 rings (SSSR count). The lowest BCUT2D eigenvalue weighted by Crippen LogP contribution is -2.34. The molecule has 3 heterocycles. The fourth-order valence-electron chi connectivity index (χ4n) is 3.58. The first-order chi connectivity index (χ1) is 13.4. The smallest absolute Gasteiger partial charge is 0.264 e. The third kappa shape index (κ3) is 3.40. The molecule has 0 spiro atoms. The molecular weight excluding hydrogens is 397 g/mol. The van der Waals surface area contributed by atoms with Crippen LogP contribution in [0.3, 0.4) is 0 Å². The van der Waals surface area contributed by atoms with Gasteiger partial charge in [-0.05, 0) is 44.0 Å². The van der Waals surface area contributed by atoms with Gasteiger partial charge in [-0.15, -0.1) is 11.3 Å². The van der Waals surface area contributed by atoms with Crippen LogP contribution < -0.4 is 4.90 Å². The number of benzene rings is 1. The van der Waals surface area contributed by atoms with Crippen molar-refractivity contribution in [3.63, 3.8) is 0 Å². The number of hydrogen-bond acceptors (Lipinski definition) is 6. The van der Waals surface area contributed by atoms with Crippen LogP contribution in [0.15, 0.2) is 30.3 Å². The molecule has 1 aliphatic heterocycles. The van der Waals surface area contributed by atoms with E-state index in [1.54, 1.807) is 28.4 Å². The van der Waals surface area contributed by atoms with Gasteiger partial charge in [-0.2, -0.15) is 0 Å². The highest BCUT2D eigenvalue weighted by molar-refractivity contribution is 7.29. The van der Waals surface area contributed by atoms with E-state index < -0.39 is 5.60 Å². The minimum atomic E-state index is -1.13. The molecule has 1 unspecified atom stereocenters. The number of rotatable bonds is 5. The summed E-state index contributed by atoms with van der Waals surface area (Å²) in [5, 5.41) is 11.9. The molecule has 1 aromatic carbocycles. The average Bonchev–Trinajstić information content (AvgIpc) is 3.36. The molecule has 0 radical (unpaired) electrons. The van der Waals surface area contributed by atoms with Crippen LogP contribution in [-0.2, 0) is 5.60 Å². The molecule has 3 aromatic rings. The van der Waals surface area contributed by atoms with Gasteiger partial charge in [0.25, 0.3) is 5.91 Å². The molecule has 0 bridgehead atoms. The summed E-state index contributed by atoms with van der Waals surface area (Å²) in [5.41, 5.74) is -0.492. The lowest BCUT2D eigenvalue weighted by atomic mass is 9.93. The predicted octanol–water partition coefficient (Wildman–Crippen LogP) is 4.08. The minimum absolute atomic E-state index is 0.0855. The van der Waals surface area contributed by atoms with E-state index in [-0.39, 0.29) is 18.3 Å². The number of anilines is 1. The third-order valence-electron chi connectivity index (χ3n) is 5.24. The number of likely N-dealkylation sites (tertiary alicyclic amines) is 1. The second-order valence-electron chi connectivity index (χ2n) is 6.96. The molecule has 0 saturated carbocycles. The van der Waals surface area contributed by atoms with Crippen molar-refractivity contribution in [3.05, 3.63) is 46.6 Å². The molecule has 1 atom stereocenters. The van der Waals surface area contributed by atoms with Gasteiger partial charge in [0.05, 0.1) is 16.1 Å². The van der Waals surface area contributed by atoms with Gasteiger partial charge < -0.3 is 14.9 Å². The van der Waals surface area contributed by atoms with Crippen LogP contribution in [-0.4, -0.2) is 47.1 Å². The number of thiazole rings is 1. The molecule has 1 N–H and O–H groups in total. The zero-order valence-corrected chi connectivity index (χ0v) is 17.4. The summed E-state index contributed by atoms with van der Waals surface area (Å²) in [6.07, 6.45) is 0.439. The number of hydrogen-bond donors (Lipinski definition) is 1. The number of carbonyl (C=O) groups excluding carboxylic acids is 1. The Morgan fingerprint density at radius 3 is 2.64 bits per heavy atom. The summed E-state index contributed by atoms with van der Waals surface area (Å²) < 4.78 is 14.2. The number of aromatic nitrogens is 1. The highest BCUT2D eigenvalue weighted by atomic mass is 32.1. The Bertz CT molecular complexity index is 965. The summed E-state index contributed by atoms with van der Waals surface area (Å²) in [7, 11) is 0. The first-order valence-corrected chi connectivity index (χ1v) is 11.0. The molecule has 8 heteroatoms. The van der Waals surface area contributed by atoms with Crippen molar-refractivity contribution >= 4 is 43.2 Å². The SMILES string of the molecule is CCN(CC)c1nc2sc(C(=O)N3CCC(O)(c4ccc(F)cc4)C3)cc2s1. The van der Waals surface area contributed by atoms with E-state index in [9.17, 15) is 14.3 Å². The van der Waals surface area contributed by atoms with Gasteiger partial charge in [-0.3, -0.25) is 4.79 Å². The molecule has 1 aliphatic rings. The van der Waals surface area contributed by atoms with Gasteiger partial charge >= 0.3 is 0 Å². The summed E-state index contributed by atoms with van der Waals surface area (Å²) in [6, 6.07) is 7.75. The zero-order chi connectivity index (χ0) is 19.9. The first kappa shape index (κ1) is 19.3. The summed E-state index contributed by atoms with van der Waals surface area (Å²) in [5.74, 6) is -0.425. The number of nitrogens with zero attached hydrogens (tertiary/aromatic N) is 3. The normalized spacial score (nSPS) is 19.5. The third-order valence-corrected chi connectivity index (χ3v) is 7.45. The van der Waals surface area contributed by atoms with Crippen molar-refractivity contribution in [2.45, 2.75) is 25.9 Å². The maximum absolute atomic E-state index is 13.2. The van der Waals surface area contributed by atoms with Crippen LogP contribution in [0.25, 0.3) is 9.53 Å². The van der Waals surface area contributed by atoms with Crippen molar-refractivity contribution in [3.8, 4) is 0 Å². The monoisotopic (exact) mass is 419 g/mol. The lowest BCUT2D eigenvalue weighted by Gasteiger charge is -2.23. The highest BCUT2D eigenvalue weighted by Gasteiger charge is 2.40. The van der Waals surface area contributed by atoms with Gasteiger partial charge in [0, 0.05) is 19.6 Å². The van der Waals surface area contributed by atoms with Crippen LogP contribution in [0.1, 0.15) is 35.5 Å². The Morgan fingerprint density at radius 1 is 1.29 bits per heavy atom. The fraction of sp³-hybridized carbons (Fsp3) is 0.400. The van der Waals surface area contributed by atoms with E-state index in [0.717, 1.165) is 27.8 Å². The van der Waals surface area contributed by atoms with Crippen molar-refractivity contribution in [2.24, 2.45) is 0 Å². The van der Waals surface area contributed by atoms with E-state index in [1.807, 2.05) is 6.07 Å². The highest BCUT2D eigenvalue weighted by Crippen LogP contribution is 2.37. The topological polar surface area (TPSA) is 56.7 Å². The summed E-state index contributed by atoms with van der Waals surface area (Å²) >= 11 is 3.00. The Hall–Kier alpha value is -2.03. The second-order valence-corrected chi connectivity index (χ2v) is 9.00. The van der Waals surface area contributed by atoms with Crippen LogP contribution >= 0.6 is 22.7 Å². The zero-order valence-electron chi connectivity index (χ0n) is 15.8. The molecule has 28 heavy (non-hydrogen) atoms. The van der Waals surface area contributed by atoms with E-state index in [0.29, 0.717) is 23.4 Å². The Kier molecular flexibility index (Phi) is 5.11. The fourth-order valence-corrected chi connectivity index (χ4v) is 5.88. The average molecular weight is 420 g/mol. The quantitative estimate of drug-likeness (QED) is 0.677. The predicted molar refractivity (Wildman–Crippen MR) is 112 cm³/mol. The molecular formula is C20H22FN3O2S2. The van der Waals surface area contributed by atoms with E-state index >= 15 is 0 Å². The maximum atomic E-state index is 13.2. The van der Waals surface area contributed by atoms with E-state index in [4.69, 9.17) is 0 Å². The van der Waals surface area contributed by atoms with Crippen molar-refractivity contribution in [1.82, 2.24) is 9.88 Å². The molecule has 0 aliphatic carbocycles. The Morgan fingerprint density at radius 2 is 2.00 bits per heavy atom. The number of thiophene rings is 1. The van der Waals surface area contributed by atoms with Crippen LogP contribution in [0.5, 0.6) is 0 Å². The standard InChI is InChI=1S/C20H22FN3O2S2/c1-3-23(4-2)19-22-17-15(28-19)11-16(27-17)18(25)24-10-9-20(26,12-24)13-5-7-14(21)8-6-13/h5-8,11,26H,3-4,9-10,12H2,1-2H3. The Balaban J connectivity index is 1.52. The summed E-state index contributed by atoms with van der Waals surface area (Å²) in [4.78, 5) is 23.0. The minimum Gasteiger partial charge on any atom is -0.383 e. The molecule has 2 aromatic heterocycles. The number of amides is 1. The number of fused-ring (bicyclic) bond motifs is 1. The van der Waals surface area contributed by atoms with Gasteiger partial charge in [0.1, 0.15) is 16.2 Å². The van der Waals surface area contributed by atoms with Gasteiger partial charge in [-0.25, -0.2) is 9.37 Å².